The van der Waals surface area contributed by atoms with Crippen LogP contribution in [0.2, 0.25) is 0 Å². The number of carbonyl (C=O) groups is 2. The maximum atomic E-state index is 12.7. The molecule has 0 unspecified atom stereocenters. The van der Waals surface area contributed by atoms with E-state index in [9.17, 15) is 9.59 Å². The lowest BCUT2D eigenvalue weighted by Crippen LogP contribution is -2.35. The van der Waals surface area contributed by atoms with Crippen LogP contribution in [0.5, 0.6) is 5.75 Å². The maximum absolute atomic E-state index is 12.7. The van der Waals surface area contributed by atoms with Crippen molar-refractivity contribution in [2.75, 3.05) is 22.6 Å². The van der Waals surface area contributed by atoms with Crippen LogP contribution in [0.3, 0.4) is 0 Å². The predicted molar refractivity (Wildman–Crippen MR) is 138 cm³/mol. The van der Waals surface area contributed by atoms with Crippen molar-refractivity contribution < 1.29 is 14.3 Å². The number of anilines is 2. The molecule has 0 aliphatic carbocycles. The van der Waals surface area contributed by atoms with Gasteiger partial charge in [-0.25, -0.2) is 4.79 Å². The van der Waals surface area contributed by atoms with Crippen LogP contribution in [0.25, 0.3) is 0 Å². The smallest absolute Gasteiger partial charge is 0.319 e. The molecule has 7 heteroatoms. The fourth-order valence-corrected chi connectivity index (χ4v) is 4.53. The molecule has 0 radical (unpaired) electrons. The topological polar surface area (TPSA) is 70.7 Å². The molecule has 0 atom stereocenters. The molecule has 0 bridgehead atoms. The zero-order valence-corrected chi connectivity index (χ0v) is 20.3. The minimum atomic E-state index is -0.300. The van der Waals surface area contributed by atoms with Crippen LogP contribution >= 0.6 is 11.8 Å². The SMILES string of the molecule is CCCOc1ccc(CNC(=O)Nc2ccc3c(c2)N(Cc2ccc(C)cc2)C(=O)CS3)cc1. The molecular weight excluding hydrogens is 446 g/mol. The Labute approximate surface area is 204 Å². The van der Waals surface area contributed by atoms with E-state index >= 15 is 0 Å². The fourth-order valence-electron chi connectivity index (χ4n) is 3.61. The van der Waals surface area contributed by atoms with Crippen LogP contribution in [0.4, 0.5) is 16.2 Å². The molecule has 0 saturated heterocycles. The summed E-state index contributed by atoms with van der Waals surface area (Å²) in [5.74, 6) is 1.30. The number of rotatable bonds is 8. The molecule has 3 amide bonds. The predicted octanol–water partition coefficient (Wildman–Crippen LogP) is 5.74. The summed E-state index contributed by atoms with van der Waals surface area (Å²) in [6, 6.07) is 21.3. The molecule has 176 valence electrons. The van der Waals surface area contributed by atoms with Gasteiger partial charge < -0.3 is 20.3 Å². The molecule has 3 aromatic carbocycles. The van der Waals surface area contributed by atoms with E-state index in [0.29, 0.717) is 31.1 Å². The zero-order chi connectivity index (χ0) is 23.9. The molecule has 2 N–H and O–H groups in total. The van der Waals surface area contributed by atoms with Crippen LogP contribution < -0.4 is 20.3 Å². The van der Waals surface area contributed by atoms with Crippen molar-refractivity contribution in [3.63, 3.8) is 0 Å². The average molecular weight is 476 g/mol. The first kappa shape index (κ1) is 23.7. The number of nitrogens with one attached hydrogen (secondary N) is 2. The number of ether oxygens (including phenoxy) is 1. The highest BCUT2D eigenvalue weighted by atomic mass is 32.2. The van der Waals surface area contributed by atoms with E-state index in [1.165, 1.54) is 17.3 Å². The third-order valence-electron chi connectivity index (χ3n) is 5.47. The molecule has 1 aliphatic rings. The molecule has 0 aromatic heterocycles. The number of thioether (sulfide) groups is 1. The van der Waals surface area contributed by atoms with E-state index in [4.69, 9.17) is 4.74 Å². The summed E-state index contributed by atoms with van der Waals surface area (Å²) >= 11 is 1.52. The first-order valence-corrected chi connectivity index (χ1v) is 12.4. The lowest BCUT2D eigenvalue weighted by molar-refractivity contribution is -0.116. The van der Waals surface area contributed by atoms with Gasteiger partial charge in [0.15, 0.2) is 0 Å². The molecule has 0 fully saturated rings. The number of hydrogen-bond acceptors (Lipinski definition) is 4. The first-order valence-electron chi connectivity index (χ1n) is 11.4. The Kier molecular flexibility index (Phi) is 7.75. The third kappa shape index (κ3) is 6.11. The van der Waals surface area contributed by atoms with Gasteiger partial charge in [0, 0.05) is 17.1 Å². The van der Waals surface area contributed by atoms with E-state index < -0.39 is 0 Å². The number of fused-ring (bicyclic) bond motifs is 1. The molecule has 3 aromatic rings. The summed E-state index contributed by atoms with van der Waals surface area (Å²) in [6.07, 6.45) is 0.961. The highest BCUT2D eigenvalue weighted by molar-refractivity contribution is 8.00. The lowest BCUT2D eigenvalue weighted by Gasteiger charge is -2.29. The van der Waals surface area contributed by atoms with Crippen molar-refractivity contribution in [3.05, 3.63) is 83.4 Å². The van der Waals surface area contributed by atoms with Gasteiger partial charge in [-0.15, -0.1) is 11.8 Å². The van der Waals surface area contributed by atoms with Crippen molar-refractivity contribution in [1.29, 1.82) is 0 Å². The van der Waals surface area contributed by atoms with E-state index in [1.807, 2.05) is 73.7 Å². The van der Waals surface area contributed by atoms with E-state index in [1.54, 1.807) is 4.90 Å². The first-order chi connectivity index (χ1) is 16.5. The molecule has 6 nitrogen and oxygen atoms in total. The van der Waals surface area contributed by atoms with Crippen molar-refractivity contribution in [3.8, 4) is 5.75 Å². The van der Waals surface area contributed by atoms with Crippen molar-refractivity contribution in [2.24, 2.45) is 0 Å². The van der Waals surface area contributed by atoms with Gasteiger partial charge in [-0.3, -0.25) is 4.79 Å². The van der Waals surface area contributed by atoms with Crippen molar-refractivity contribution in [2.45, 2.75) is 38.3 Å². The van der Waals surface area contributed by atoms with Gasteiger partial charge >= 0.3 is 6.03 Å². The minimum absolute atomic E-state index is 0.0611. The second kappa shape index (κ2) is 11.1. The fraction of sp³-hybridized carbons (Fsp3) is 0.259. The van der Waals surface area contributed by atoms with E-state index in [-0.39, 0.29) is 11.9 Å². The van der Waals surface area contributed by atoms with Crippen LogP contribution in [0.15, 0.2) is 71.6 Å². The van der Waals surface area contributed by atoms with E-state index in [0.717, 1.165) is 33.9 Å². The van der Waals surface area contributed by atoms with Gasteiger partial charge in [-0.05, 0) is 54.8 Å². The Morgan fingerprint density at radius 3 is 2.50 bits per heavy atom. The summed E-state index contributed by atoms with van der Waals surface area (Å²) in [5.41, 5.74) is 4.70. The molecule has 0 spiro atoms. The van der Waals surface area contributed by atoms with Crippen LogP contribution in [0, 0.1) is 6.92 Å². The Hall–Kier alpha value is -3.45. The maximum Gasteiger partial charge on any atom is 0.319 e. The number of urea groups is 1. The highest BCUT2D eigenvalue weighted by Crippen LogP contribution is 2.38. The van der Waals surface area contributed by atoms with Gasteiger partial charge in [0.2, 0.25) is 5.91 Å². The van der Waals surface area contributed by atoms with Crippen LogP contribution in [-0.4, -0.2) is 24.3 Å². The highest BCUT2D eigenvalue weighted by Gasteiger charge is 2.25. The van der Waals surface area contributed by atoms with Crippen molar-refractivity contribution in [1.82, 2.24) is 5.32 Å². The van der Waals surface area contributed by atoms with E-state index in [2.05, 4.69) is 17.6 Å². The number of amides is 3. The molecule has 1 heterocycles. The zero-order valence-electron chi connectivity index (χ0n) is 19.5. The quantitative estimate of drug-likeness (QED) is 0.436. The Balaban J connectivity index is 1.39. The summed E-state index contributed by atoms with van der Waals surface area (Å²) in [4.78, 5) is 28.0. The number of carbonyl (C=O) groups excluding carboxylic acids is 2. The Morgan fingerprint density at radius 1 is 1.03 bits per heavy atom. The van der Waals surface area contributed by atoms with Gasteiger partial charge in [0.05, 0.1) is 24.6 Å². The van der Waals surface area contributed by atoms with Gasteiger partial charge in [-0.1, -0.05) is 48.9 Å². The Bertz CT molecular complexity index is 1150. The van der Waals surface area contributed by atoms with Gasteiger partial charge in [0.25, 0.3) is 0 Å². The molecule has 0 saturated carbocycles. The second-order valence-electron chi connectivity index (χ2n) is 8.24. The average Bonchev–Trinajstić information content (AvgIpc) is 2.85. The standard InChI is InChI=1S/C27H29N3O3S/c1-3-14-33-23-11-8-20(9-12-23)16-28-27(32)29-22-10-13-25-24(15-22)30(26(31)18-34-25)17-21-6-4-19(2)5-7-21/h4-13,15H,3,14,16-18H2,1-2H3,(H2,28,29,32). The summed E-state index contributed by atoms with van der Waals surface area (Å²) in [7, 11) is 0. The van der Waals surface area contributed by atoms with Gasteiger partial charge in [0.1, 0.15) is 5.75 Å². The molecule has 1 aliphatic heterocycles. The third-order valence-corrected chi connectivity index (χ3v) is 6.52. The minimum Gasteiger partial charge on any atom is -0.494 e. The van der Waals surface area contributed by atoms with Crippen molar-refractivity contribution >= 4 is 35.1 Å². The summed E-state index contributed by atoms with van der Waals surface area (Å²) in [6.45, 7) is 5.70. The largest absolute Gasteiger partial charge is 0.494 e. The van der Waals surface area contributed by atoms with Gasteiger partial charge in [-0.2, -0.15) is 0 Å². The Morgan fingerprint density at radius 2 is 1.76 bits per heavy atom. The molecule has 4 rings (SSSR count). The van der Waals surface area contributed by atoms with Crippen LogP contribution in [0.1, 0.15) is 30.0 Å². The number of hydrogen-bond donors (Lipinski definition) is 2. The number of nitrogens with zero attached hydrogens (tertiary/aromatic N) is 1. The van der Waals surface area contributed by atoms with Crippen LogP contribution in [-0.2, 0) is 17.9 Å². The monoisotopic (exact) mass is 475 g/mol. The lowest BCUT2D eigenvalue weighted by atomic mass is 10.1. The molecule has 34 heavy (non-hydrogen) atoms. The summed E-state index contributed by atoms with van der Waals surface area (Å²) in [5, 5.41) is 5.76. The summed E-state index contributed by atoms with van der Waals surface area (Å²) < 4.78 is 5.59. The number of benzene rings is 3. The normalized spacial score (nSPS) is 12.8. The second-order valence-corrected chi connectivity index (χ2v) is 9.25. The number of aryl methyl sites for hydroxylation is 1. The molecular formula is C27H29N3O3S.